The molecule has 19 heavy (non-hydrogen) atoms. The molecule has 2 aromatic heterocycles. The summed E-state index contributed by atoms with van der Waals surface area (Å²) in [5, 5.41) is 0.154. The molecule has 0 radical (unpaired) electrons. The van der Waals surface area contributed by atoms with Crippen LogP contribution in [-0.4, -0.2) is 22.3 Å². The first kappa shape index (κ1) is 12.2. The fraction of sp³-hybridized carbons (Fsp3) is 0.286. The fourth-order valence-corrected chi connectivity index (χ4v) is 2.73. The molecule has 0 aliphatic carbocycles. The highest BCUT2D eigenvalue weighted by Crippen LogP contribution is 2.33. The Bertz CT molecular complexity index is 582. The van der Waals surface area contributed by atoms with E-state index in [1.807, 2.05) is 23.2 Å². The molecular weight excluding hydrogens is 264 g/mol. The molecule has 1 unspecified atom stereocenters. The standard InChI is InChI=1S/C14H13ClN2O2/c15-13-11(5-8-19-13)14(18)17-7-2-4-12(17)10-3-1-6-16-9-10/h1,3,5-6,8-9,12H,2,4,7H2. The Labute approximate surface area is 116 Å². The maximum absolute atomic E-state index is 12.5. The minimum Gasteiger partial charge on any atom is -0.452 e. The van der Waals surface area contributed by atoms with E-state index in [4.69, 9.17) is 16.0 Å². The Kier molecular flexibility index (Phi) is 3.25. The van der Waals surface area contributed by atoms with E-state index < -0.39 is 0 Å². The van der Waals surface area contributed by atoms with E-state index in [0.29, 0.717) is 5.56 Å². The number of aromatic nitrogens is 1. The highest BCUT2D eigenvalue weighted by atomic mass is 35.5. The van der Waals surface area contributed by atoms with Crippen LogP contribution in [0.15, 0.2) is 41.3 Å². The lowest BCUT2D eigenvalue weighted by Gasteiger charge is -2.24. The number of nitrogens with zero attached hydrogens (tertiary/aromatic N) is 2. The quantitative estimate of drug-likeness (QED) is 0.845. The minimum absolute atomic E-state index is 0.0761. The van der Waals surface area contributed by atoms with Crippen molar-refractivity contribution in [1.82, 2.24) is 9.88 Å². The van der Waals surface area contributed by atoms with Gasteiger partial charge in [-0.25, -0.2) is 0 Å². The summed E-state index contributed by atoms with van der Waals surface area (Å²) in [5.74, 6) is -0.0786. The Morgan fingerprint density at radius 3 is 3.05 bits per heavy atom. The number of hydrogen-bond acceptors (Lipinski definition) is 3. The van der Waals surface area contributed by atoms with Crippen LogP contribution in [0.4, 0.5) is 0 Å². The second-order valence-electron chi connectivity index (χ2n) is 4.55. The second-order valence-corrected chi connectivity index (χ2v) is 4.89. The normalized spacial score (nSPS) is 18.8. The molecule has 1 saturated heterocycles. The minimum atomic E-state index is -0.0786. The lowest BCUT2D eigenvalue weighted by Crippen LogP contribution is -2.30. The van der Waals surface area contributed by atoms with Crippen molar-refractivity contribution in [1.29, 1.82) is 0 Å². The molecule has 1 aliphatic heterocycles. The predicted octanol–water partition coefficient (Wildman–Crippen LogP) is 3.31. The monoisotopic (exact) mass is 276 g/mol. The first-order chi connectivity index (χ1) is 9.27. The third-order valence-corrected chi connectivity index (χ3v) is 3.72. The number of carbonyl (C=O) groups excluding carboxylic acids is 1. The van der Waals surface area contributed by atoms with Crippen LogP contribution in [0, 0.1) is 0 Å². The van der Waals surface area contributed by atoms with E-state index in [1.165, 1.54) is 6.26 Å². The largest absolute Gasteiger partial charge is 0.452 e. The first-order valence-corrected chi connectivity index (χ1v) is 6.59. The van der Waals surface area contributed by atoms with E-state index in [1.54, 1.807) is 12.3 Å². The summed E-state index contributed by atoms with van der Waals surface area (Å²) in [6.45, 7) is 0.736. The molecular formula is C14H13ClN2O2. The molecule has 1 amide bonds. The fourth-order valence-electron chi connectivity index (χ4n) is 2.53. The van der Waals surface area contributed by atoms with E-state index >= 15 is 0 Å². The summed E-state index contributed by atoms with van der Waals surface area (Å²) in [6.07, 6.45) is 6.92. The molecule has 1 fully saturated rings. The van der Waals surface area contributed by atoms with E-state index in [-0.39, 0.29) is 17.2 Å². The van der Waals surface area contributed by atoms with Crippen LogP contribution >= 0.6 is 11.6 Å². The summed E-state index contributed by atoms with van der Waals surface area (Å²) in [4.78, 5) is 18.4. The smallest absolute Gasteiger partial charge is 0.259 e. The van der Waals surface area contributed by atoms with Crippen LogP contribution in [0.25, 0.3) is 0 Å². The highest BCUT2D eigenvalue weighted by molar-refractivity contribution is 6.32. The maximum atomic E-state index is 12.5. The molecule has 3 rings (SSSR count). The molecule has 4 nitrogen and oxygen atoms in total. The molecule has 1 aliphatic rings. The second kappa shape index (κ2) is 5.05. The number of carbonyl (C=O) groups is 1. The summed E-state index contributed by atoms with van der Waals surface area (Å²) < 4.78 is 4.99. The summed E-state index contributed by atoms with van der Waals surface area (Å²) in [6, 6.07) is 5.58. The van der Waals surface area contributed by atoms with Crippen LogP contribution in [0.1, 0.15) is 34.8 Å². The number of hydrogen-bond donors (Lipinski definition) is 0. The molecule has 0 spiro atoms. The Hall–Kier alpha value is -1.81. The van der Waals surface area contributed by atoms with Gasteiger partial charge in [0.2, 0.25) is 5.22 Å². The molecule has 5 heteroatoms. The number of rotatable bonds is 2. The third kappa shape index (κ3) is 2.24. The lowest BCUT2D eigenvalue weighted by molar-refractivity contribution is 0.0735. The maximum Gasteiger partial charge on any atom is 0.259 e. The first-order valence-electron chi connectivity index (χ1n) is 6.21. The molecule has 0 bridgehead atoms. The predicted molar refractivity (Wildman–Crippen MR) is 71.0 cm³/mol. The average Bonchev–Trinajstić information content (AvgIpc) is 3.07. The van der Waals surface area contributed by atoms with Gasteiger partial charge in [0.15, 0.2) is 0 Å². The zero-order valence-corrected chi connectivity index (χ0v) is 11.0. The van der Waals surface area contributed by atoms with Crippen molar-refractivity contribution < 1.29 is 9.21 Å². The number of pyridine rings is 1. The Morgan fingerprint density at radius 1 is 1.47 bits per heavy atom. The van der Waals surface area contributed by atoms with Gasteiger partial charge < -0.3 is 9.32 Å². The van der Waals surface area contributed by atoms with Crippen molar-refractivity contribution in [3.05, 3.63) is 53.2 Å². The number of amides is 1. The molecule has 1 atom stereocenters. The zero-order valence-electron chi connectivity index (χ0n) is 10.3. The van der Waals surface area contributed by atoms with Crippen molar-refractivity contribution >= 4 is 17.5 Å². The number of likely N-dealkylation sites (tertiary alicyclic amines) is 1. The van der Waals surface area contributed by atoms with Gasteiger partial charge in [0, 0.05) is 18.9 Å². The van der Waals surface area contributed by atoms with Gasteiger partial charge in [0.25, 0.3) is 5.91 Å². The molecule has 2 aromatic rings. The van der Waals surface area contributed by atoms with Crippen LogP contribution in [0.3, 0.4) is 0 Å². The molecule has 98 valence electrons. The summed E-state index contributed by atoms with van der Waals surface area (Å²) >= 11 is 5.88. The van der Waals surface area contributed by atoms with Crippen molar-refractivity contribution in [3.8, 4) is 0 Å². The summed E-state index contributed by atoms with van der Waals surface area (Å²) in [7, 11) is 0. The molecule has 0 saturated carbocycles. The topological polar surface area (TPSA) is 46.3 Å². The van der Waals surface area contributed by atoms with Crippen molar-refractivity contribution in [2.24, 2.45) is 0 Å². The van der Waals surface area contributed by atoms with Gasteiger partial charge >= 0.3 is 0 Å². The SMILES string of the molecule is O=C(c1ccoc1Cl)N1CCCC1c1cccnc1. The Morgan fingerprint density at radius 2 is 2.37 bits per heavy atom. The van der Waals surface area contributed by atoms with Gasteiger partial charge in [0.05, 0.1) is 17.9 Å². The molecule has 0 aromatic carbocycles. The van der Waals surface area contributed by atoms with Crippen molar-refractivity contribution in [2.45, 2.75) is 18.9 Å². The lowest BCUT2D eigenvalue weighted by atomic mass is 10.1. The molecule has 3 heterocycles. The van der Waals surface area contributed by atoms with Crippen LogP contribution in [0.2, 0.25) is 5.22 Å². The van der Waals surface area contributed by atoms with Crippen LogP contribution in [-0.2, 0) is 0 Å². The Balaban J connectivity index is 1.88. The number of halogens is 1. The van der Waals surface area contributed by atoms with Gasteiger partial charge in [-0.2, -0.15) is 0 Å². The number of furan rings is 1. The highest BCUT2D eigenvalue weighted by Gasteiger charge is 2.32. The van der Waals surface area contributed by atoms with Gasteiger partial charge in [-0.3, -0.25) is 9.78 Å². The van der Waals surface area contributed by atoms with Gasteiger partial charge in [-0.05, 0) is 42.1 Å². The van der Waals surface area contributed by atoms with Gasteiger partial charge in [-0.1, -0.05) is 6.07 Å². The van der Waals surface area contributed by atoms with Gasteiger partial charge in [-0.15, -0.1) is 0 Å². The van der Waals surface area contributed by atoms with Gasteiger partial charge in [0.1, 0.15) is 0 Å². The van der Waals surface area contributed by atoms with Crippen LogP contribution < -0.4 is 0 Å². The van der Waals surface area contributed by atoms with Crippen molar-refractivity contribution in [3.63, 3.8) is 0 Å². The summed E-state index contributed by atoms with van der Waals surface area (Å²) in [5.41, 5.74) is 1.49. The van der Waals surface area contributed by atoms with E-state index in [2.05, 4.69) is 4.98 Å². The molecule has 0 N–H and O–H groups in total. The third-order valence-electron chi connectivity index (χ3n) is 3.43. The van der Waals surface area contributed by atoms with Crippen LogP contribution in [0.5, 0.6) is 0 Å². The average molecular weight is 277 g/mol. The van der Waals surface area contributed by atoms with E-state index in [0.717, 1.165) is 24.9 Å². The van der Waals surface area contributed by atoms with Crippen molar-refractivity contribution in [2.75, 3.05) is 6.54 Å². The zero-order chi connectivity index (χ0) is 13.2. The van der Waals surface area contributed by atoms with E-state index in [9.17, 15) is 4.79 Å².